The summed E-state index contributed by atoms with van der Waals surface area (Å²) in [6.07, 6.45) is 6.29. The molecule has 10 heteroatoms. The van der Waals surface area contributed by atoms with Gasteiger partial charge in [-0.05, 0) is 67.5 Å². The Morgan fingerprint density at radius 1 is 1.00 bits per heavy atom. The lowest BCUT2D eigenvalue weighted by atomic mass is 10.00. The molecule has 4 N–H and O–H groups in total. The van der Waals surface area contributed by atoms with Crippen LogP contribution in [0.3, 0.4) is 0 Å². The van der Waals surface area contributed by atoms with E-state index in [0.717, 1.165) is 32.9 Å². The van der Waals surface area contributed by atoms with Gasteiger partial charge in [-0.25, -0.2) is 4.79 Å². The second-order valence-corrected chi connectivity index (χ2v) is 10.5. The zero-order valence-electron chi connectivity index (χ0n) is 23.8. The molecular formula is C31H38N5O5. The summed E-state index contributed by atoms with van der Waals surface area (Å²) >= 11 is 0. The molecule has 0 aliphatic carbocycles. The number of esters is 1. The number of amides is 3. The number of unbranched alkanes of at least 4 members (excludes halogenated alkanes) is 1. The quantitative estimate of drug-likeness (QED) is 0.241. The van der Waals surface area contributed by atoms with Crippen molar-refractivity contribution in [2.45, 2.75) is 63.6 Å². The molecule has 0 saturated heterocycles. The van der Waals surface area contributed by atoms with E-state index in [9.17, 15) is 19.2 Å². The van der Waals surface area contributed by atoms with Gasteiger partial charge in [0, 0.05) is 48.7 Å². The number of fused-ring (bicyclic) bond motifs is 2. The van der Waals surface area contributed by atoms with Crippen molar-refractivity contribution in [3.63, 3.8) is 0 Å². The van der Waals surface area contributed by atoms with Gasteiger partial charge in [0.05, 0.1) is 7.11 Å². The summed E-state index contributed by atoms with van der Waals surface area (Å²) < 4.78 is 7.06. The van der Waals surface area contributed by atoms with Gasteiger partial charge in [0.1, 0.15) is 18.1 Å². The third-order valence-corrected chi connectivity index (χ3v) is 7.52. The molecule has 0 fully saturated rings. The van der Waals surface area contributed by atoms with Crippen LogP contribution in [-0.2, 0) is 43.8 Å². The van der Waals surface area contributed by atoms with Crippen LogP contribution >= 0.6 is 0 Å². The molecule has 0 spiro atoms. The van der Waals surface area contributed by atoms with E-state index in [2.05, 4.69) is 44.8 Å². The number of allylic oxidation sites excluding steroid dienone is 1. The monoisotopic (exact) mass is 560 g/mol. The first kappa shape index (κ1) is 29.8. The van der Waals surface area contributed by atoms with Gasteiger partial charge in [-0.3, -0.25) is 20.1 Å². The molecule has 3 amide bonds. The van der Waals surface area contributed by atoms with E-state index in [1.165, 1.54) is 14.0 Å². The first-order chi connectivity index (χ1) is 19.7. The van der Waals surface area contributed by atoms with Gasteiger partial charge in [0.15, 0.2) is 0 Å². The van der Waals surface area contributed by atoms with Gasteiger partial charge in [-0.1, -0.05) is 24.3 Å². The lowest BCUT2D eigenvalue weighted by Crippen LogP contribution is -2.56. The highest BCUT2D eigenvalue weighted by Gasteiger charge is 2.29. The third kappa shape index (κ3) is 7.13. The van der Waals surface area contributed by atoms with Crippen LogP contribution < -0.4 is 21.7 Å². The van der Waals surface area contributed by atoms with Gasteiger partial charge in [-0.2, -0.15) is 0 Å². The van der Waals surface area contributed by atoms with Crippen molar-refractivity contribution in [2.75, 3.05) is 13.7 Å². The molecule has 41 heavy (non-hydrogen) atoms. The molecule has 3 aromatic rings. The summed E-state index contributed by atoms with van der Waals surface area (Å²) in [6.45, 7) is 1.55. The third-order valence-electron chi connectivity index (χ3n) is 7.52. The molecule has 4 bridgehead atoms. The van der Waals surface area contributed by atoms with Gasteiger partial charge < -0.3 is 25.3 Å². The maximum Gasteiger partial charge on any atom is 0.328 e. The maximum atomic E-state index is 13.5. The van der Waals surface area contributed by atoms with Crippen molar-refractivity contribution in [3.05, 3.63) is 59.7 Å². The molecule has 1 unspecified atom stereocenters. The minimum Gasteiger partial charge on any atom is -0.467 e. The second kappa shape index (κ2) is 13.5. The zero-order chi connectivity index (χ0) is 29.5. The molecular weight excluding hydrogens is 522 g/mol. The van der Waals surface area contributed by atoms with E-state index in [0.29, 0.717) is 19.3 Å². The molecule has 2 aromatic carbocycles. The topological polar surface area (TPSA) is 142 Å². The van der Waals surface area contributed by atoms with Crippen LogP contribution in [0.2, 0.25) is 0 Å². The van der Waals surface area contributed by atoms with E-state index >= 15 is 0 Å². The second-order valence-electron chi connectivity index (χ2n) is 10.5. The minimum absolute atomic E-state index is 0.198. The predicted octanol–water partition coefficient (Wildman–Crippen LogP) is 2.48. The average Bonchev–Trinajstić information content (AvgIpc) is 3.23. The van der Waals surface area contributed by atoms with E-state index in [1.54, 1.807) is 0 Å². The highest BCUT2D eigenvalue weighted by Crippen LogP contribution is 2.30. The Balaban J connectivity index is 1.77. The van der Waals surface area contributed by atoms with E-state index in [1.807, 2.05) is 31.3 Å². The van der Waals surface area contributed by atoms with E-state index in [4.69, 9.17) is 10.5 Å². The minimum atomic E-state index is -0.948. The van der Waals surface area contributed by atoms with E-state index < -0.39 is 35.9 Å². The smallest absolute Gasteiger partial charge is 0.328 e. The number of nitrogens with zero attached hydrogens (tertiary/aromatic N) is 1. The molecule has 217 valence electrons. The van der Waals surface area contributed by atoms with Gasteiger partial charge >= 0.3 is 5.97 Å². The molecule has 0 saturated carbocycles. The van der Waals surface area contributed by atoms with Crippen LogP contribution in [0.4, 0.5) is 0 Å². The lowest BCUT2D eigenvalue weighted by molar-refractivity contribution is -0.145. The predicted molar refractivity (Wildman–Crippen MR) is 157 cm³/mol. The van der Waals surface area contributed by atoms with Crippen LogP contribution in [0.1, 0.15) is 43.7 Å². The molecule has 1 aliphatic heterocycles. The summed E-state index contributed by atoms with van der Waals surface area (Å²) in [6, 6.07) is 9.54. The molecule has 3 atom stereocenters. The summed E-state index contributed by atoms with van der Waals surface area (Å²) in [5.74, 6) is -1.97. The van der Waals surface area contributed by atoms with Crippen molar-refractivity contribution in [3.8, 4) is 0 Å². The van der Waals surface area contributed by atoms with Crippen molar-refractivity contribution in [2.24, 2.45) is 7.05 Å². The molecule has 1 aromatic heterocycles. The van der Waals surface area contributed by atoms with Gasteiger partial charge in [0.25, 0.3) is 0 Å². The van der Waals surface area contributed by atoms with Crippen LogP contribution in [0.25, 0.3) is 21.8 Å². The number of benzene rings is 2. The summed E-state index contributed by atoms with van der Waals surface area (Å²) in [5, 5.41) is 10.4. The van der Waals surface area contributed by atoms with Gasteiger partial charge in [-0.15, -0.1) is 0 Å². The van der Waals surface area contributed by atoms with Crippen molar-refractivity contribution < 1.29 is 23.9 Å². The summed E-state index contributed by atoms with van der Waals surface area (Å²) in [5.41, 5.74) is 11.5. The fraction of sp³-hybridized carbons (Fsp3) is 0.419. The number of hydrogen-bond acceptors (Lipinski definition) is 5. The number of carbonyl (C=O) groups excluding carboxylic acids is 4. The number of methoxy groups -OCH3 is 1. The van der Waals surface area contributed by atoms with Crippen LogP contribution in [-0.4, -0.2) is 60.0 Å². The number of nitrogens with one attached hydrogen (secondary N) is 4. The Labute approximate surface area is 239 Å². The van der Waals surface area contributed by atoms with Crippen molar-refractivity contribution in [1.82, 2.24) is 26.3 Å². The highest BCUT2D eigenvalue weighted by molar-refractivity contribution is 6.08. The largest absolute Gasteiger partial charge is 0.467 e. The highest BCUT2D eigenvalue weighted by atomic mass is 16.5. The SMILES string of the molecule is COC(=O)[C@@H]1C/C=C/Cc2ccc3c(c2)c2cc(ccc2n3C)CC(NC(C)=O)C(=O)N[C@@H](CCCC[NH])C(=O)N1. The fourth-order valence-electron chi connectivity index (χ4n) is 5.35. The fourth-order valence-corrected chi connectivity index (χ4v) is 5.35. The first-order valence-electron chi connectivity index (χ1n) is 14.0. The average molecular weight is 561 g/mol. The van der Waals surface area contributed by atoms with E-state index in [-0.39, 0.29) is 31.7 Å². The lowest BCUT2D eigenvalue weighted by Gasteiger charge is -2.24. The van der Waals surface area contributed by atoms with Crippen molar-refractivity contribution >= 4 is 45.5 Å². The van der Waals surface area contributed by atoms with Crippen LogP contribution in [0.5, 0.6) is 0 Å². The standard InChI is InChI=1S/C31H38N5O5/c1-19(37)33-26-18-21-12-14-28-23(17-21)22-16-20(11-13-27(22)36(28)2)8-4-5-10-25(31(40)41-3)35-29(38)24(34-30(26)39)9-6-7-15-32/h4-5,11-14,16-17,24-26,32H,6-10,15,18H2,1-3H3,(H,33,37)(H,34,39)(H,35,38)/b5-4+/t24-,25-,26?/m0/s1. The Hall–Kier alpha value is -4.18. The molecule has 1 aliphatic rings. The Morgan fingerprint density at radius 2 is 1.68 bits per heavy atom. The molecule has 4 rings (SSSR count). The van der Waals surface area contributed by atoms with Crippen LogP contribution in [0, 0.1) is 0 Å². The van der Waals surface area contributed by atoms with Crippen LogP contribution in [0.15, 0.2) is 48.6 Å². The van der Waals surface area contributed by atoms with Gasteiger partial charge in [0.2, 0.25) is 17.7 Å². The summed E-state index contributed by atoms with van der Waals surface area (Å²) in [7, 11) is 3.28. The Kier molecular flexibility index (Phi) is 9.78. The maximum absolute atomic E-state index is 13.5. The number of rotatable bonds is 6. The molecule has 10 nitrogen and oxygen atoms in total. The Morgan fingerprint density at radius 3 is 2.34 bits per heavy atom. The molecule has 1 radical (unpaired) electrons. The number of hydrogen-bond donors (Lipinski definition) is 3. The number of aryl methyl sites for hydroxylation is 1. The zero-order valence-corrected chi connectivity index (χ0v) is 23.8. The first-order valence-corrected chi connectivity index (χ1v) is 14.0. The molecule has 2 heterocycles. The number of carbonyl (C=O) groups is 4. The Bertz CT molecular complexity index is 1480. The summed E-state index contributed by atoms with van der Waals surface area (Å²) in [4.78, 5) is 51.5. The number of ether oxygens (including phenoxy) is 1. The normalized spacial score (nSPS) is 20.9. The number of aromatic nitrogens is 1. The van der Waals surface area contributed by atoms with Crippen molar-refractivity contribution in [1.29, 1.82) is 0 Å².